The standard InChI is InChI=1S/C19H19N3O4/c1-12(2)11-21-16-8-5-14(20)10-17(16)26-18(19(21)23)9-13-3-6-15(7-4-13)22(24)25/h3-10,12H,11,20H2,1-2H3/b18-9+. The number of hydrogen-bond acceptors (Lipinski definition) is 5. The molecule has 1 amide bonds. The van der Waals surface area contributed by atoms with Crippen molar-refractivity contribution < 1.29 is 14.5 Å². The number of ether oxygens (including phenoxy) is 1. The first kappa shape index (κ1) is 17.5. The Hall–Kier alpha value is -3.35. The van der Waals surface area contributed by atoms with Crippen molar-refractivity contribution in [2.45, 2.75) is 13.8 Å². The third-order valence-corrected chi connectivity index (χ3v) is 3.90. The first-order valence-electron chi connectivity index (χ1n) is 8.20. The molecule has 0 saturated heterocycles. The molecule has 0 fully saturated rings. The van der Waals surface area contributed by atoms with Gasteiger partial charge in [0, 0.05) is 30.4 Å². The molecule has 0 saturated carbocycles. The van der Waals surface area contributed by atoms with Gasteiger partial charge >= 0.3 is 0 Å². The fraction of sp³-hybridized carbons (Fsp3) is 0.211. The average molecular weight is 353 g/mol. The number of nitro benzene ring substituents is 1. The molecule has 2 aromatic carbocycles. The normalized spacial score (nSPS) is 15.1. The van der Waals surface area contributed by atoms with Crippen molar-refractivity contribution in [3.05, 3.63) is 63.9 Å². The number of non-ortho nitro benzene ring substituents is 1. The Morgan fingerprint density at radius 3 is 2.54 bits per heavy atom. The average Bonchev–Trinajstić information content (AvgIpc) is 2.58. The molecule has 1 heterocycles. The zero-order valence-electron chi connectivity index (χ0n) is 14.5. The number of rotatable bonds is 4. The lowest BCUT2D eigenvalue weighted by molar-refractivity contribution is -0.384. The van der Waals surface area contributed by atoms with Crippen LogP contribution in [0.2, 0.25) is 0 Å². The van der Waals surface area contributed by atoms with Crippen LogP contribution >= 0.6 is 0 Å². The van der Waals surface area contributed by atoms with E-state index < -0.39 is 4.92 Å². The third-order valence-electron chi connectivity index (χ3n) is 3.90. The summed E-state index contributed by atoms with van der Waals surface area (Å²) < 4.78 is 5.77. The molecular formula is C19H19N3O4. The monoisotopic (exact) mass is 353 g/mol. The van der Waals surface area contributed by atoms with Crippen molar-refractivity contribution in [3.8, 4) is 5.75 Å². The van der Waals surface area contributed by atoms with Crippen LogP contribution in [-0.2, 0) is 4.79 Å². The van der Waals surface area contributed by atoms with E-state index >= 15 is 0 Å². The van der Waals surface area contributed by atoms with Crippen LogP contribution < -0.4 is 15.4 Å². The zero-order valence-corrected chi connectivity index (χ0v) is 14.5. The van der Waals surface area contributed by atoms with E-state index in [1.165, 1.54) is 12.1 Å². The second-order valence-corrected chi connectivity index (χ2v) is 6.50. The van der Waals surface area contributed by atoms with Gasteiger partial charge in [0.2, 0.25) is 0 Å². The predicted molar refractivity (Wildman–Crippen MR) is 99.7 cm³/mol. The summed E-state index contributed by atoms with van der Waals surface area (Å²) in [4.78, 5) is 24.8. The van der Waals surface area contributed by atoms with Gasteiger partial charge in [0.1, 0.15) is 0 Å². The minimum atomic E-state index is -0.470. The summed E-state index contributed by atoms with van der Waals surface area (Å²) in [6, 6.07) is 11.1. The van der Waals surface area contributed by atoms with E-state index in [1.807, 2.05) is 13.8 Å². The summed E-state index contributed by atoms with van der Waals surface area (Å²) >= 11 is 0. The van der Waals surface area contributed by atoms with E-state index in [2.05, 4.69) is 0 Å². The Labute approximate surface area is 150 Å². The van der Waals surface area contributed by atoms with Gasteiger partial charge in [-0.1, -0.05) is 13.8 Å². The van der Waals surface area contributed by atoms with E-state index in [0.29, 0.717) is 29.2 Å². The number of nitrogens with zero attached hydrogens (tertiary/aromatic N) is 2. The first-order chi connectivity index (χ1) is 12.3. The van der Waals surface area contributed by atoms with E-state index in [0.717, 1.165) is 0 Å². The molecule has 0 aromatic heterocycles. The number of benzene rings is 2. The Morgan fingerprint density at radius 1 is 1.23 bits per heavy atom. The Balaban J connectivity index is 1.99. The molecule has 2 N–H and O–H groups in total. The summed E-state index contributed by atoms with van der Waals surface area (Å²) in [5.74, 6) is 0.674. The highest BCUT2D eigenvalue weighted by molar-refractivity contribution is 6.10. The van der Waals surface area contributed by atoms with Crippen LogP contribution in [0.4, 0.5) is 17.1 Å². The maximum atomic E-state index is 12.9. The van der Waals surface area contributed by atoms with E-state index in [-0.39, 0.29) is 23.3 Å². The van der Waals surface area contributed by atoms with E-state index in [1.54, 1.807) is 41.3 Å². The fourth-order valence-corrected chi connectivity index (χ4v) is 2.72. The molecule has 0 atom stereocenters. The summed E-state index contributed by atoms with van der Waals surface area (Å²) in [6.07, 6.45) is 1.57. The number of nitrogen functional groups attached to an aromatic ring is 1. The highest BCUT2D eigenvalue weighted by atomic mass is 16.6. The smallest absolute Gasteiger partial charge is 0.294 e. The maximum absolute atomic E-state index is 12.9. The number of anilines is 2. The topological polar surface area (TPSA) is 98.7 Å². The molecule has 2 aromatic rings. The SMILES string of the molecule is CC(C)CN1C(=O)/C(=C\c2ccc([N+](=O)[O-])cc2)Oc2cc(N)ccc21. The summed E-state index contributed by atoms with van der Waals surface area (Å²) in [5.41, 5.74) is 7.68. The van der Waals surface area contributed by atoms with Gasteiger partial charge in [-0.25, -0.2) is 0 Å². The molecule has 0 aliphatic carbocycles. The molecule has 0 radical (unpaired) electrons. The van der Waals surface area contributed by atoms with Crippen LogP contribution in [0.3, 0.4) is 0 Å². The van der Waals surface area contributed by atoms with Gasteiger partial charge in [0.05, 0.1) is 10.6 Å². The lowest BCUT2D eigenvalue weighted by Gasteiger charge is -2.31. The van der Waals surface area contributed by atoms with Gasteiger partial charge in [0.15, 0.2) is 11.5 Å². The Morgan fingerprint density at radius 2 is 1.92 bits per heavy atom. The second-order valence-electron chi connectivity index (χ2n) is 6.50. The predicted octanol–water partition coefficient (Wildman–Crippen LogP) is 3.60. The van der Waals surface area contributed by atoms with Crippen LogP contribution in [-0.4, -0.2) is 17.4 Å². The summed E-state index contributed by atoms with van der Waals surface area (Å²) in [5, 5.41) is 10.8. The number of carbonyl (C=O) groups is 1. The molecule has 3 rings (SSSR count). The van der Waals surface area contributed by atoms with Crippen LogP contribution in [0.15, 0.2) is 48.2 Å². The minimum Gasteiger partial charge on any atom is -0.449 e. The number of nitrogens with two attached hydrogens (primary N) is 1. The fourth-order valence-electron chi connectivity index (χ4n) is 2.72. The Kier molecular flexibility index (Phi) is 4.62. The van der Waals surface area contributed by atoms with Gasteiger partial charge in [-0.2, -0.15) is 0 Å². The van der Waals surface area contributed by atoms with Crippen molar-refractivity contribution in [2.75, 3.05) is 17.2 Å². The highest BCUT2D eigenvalue weighted by Crippen LogP contribution is 2.37. The quantitative estimate of drug-likeness (QED) is 0.392. The number of nitro groups is 1. The van der Waals surface area contributed by atoms with Crippen molar-refractivity contribution in [2.24, 2.45) is 5.92 Å². The lowest BCUT2D eigenvalue weighted by atomic mass is 10.1. The van der Waals surface area contributed by atoms with Gasteiger partial charge < -0.3 is 15.4 Å². The van der Waals surface area contributed by atoms with Crippen molar-refractivity contribution in [3.63, 3.8) is 0 Å². The Bertz CT molecular complexity index is 888. The summed E-state index contributed by atoms with van der Waals surface area (Å²) in [7, 11) is 0. The van der Waals surface area contributed by atoms with Crippen molar-refractivity contribution in [1.29, 1.82) is 0 Å². The molecule has 1 aliphatic heterocycles. The molecule has 134 valence electrons. The molecule has 26 heavy (non-hydrogen) atoms. The number of fused-ring (bicyclic) bond motifs is 1. The largest absolute Gasteiger partial charge is 0.449 e. The van der Waals surface area contributed by atoms with Crippen LogP contribution in [0, 0.1) is 16.0 Å². The minimum absolute atomic E-state index is 0.0115. The molecule has 1 aliphatic rings. The van der Waals surface area contributed by atoms with Gasteiger partial charge in [-0.3, -0.25) is 14.9 Å². The first-order valence-corrected chi connectivity index (χ1v) is 8.20. The van der Waals surface area contributed by atoms with Crippen LogP contribution in [0.25, 0.3) is 6.08 Å². The van der Waals surface area contributed by atoms with Gasteiger partial charge in [-0.15, -0.1) is 0 Å². The molecule has 0 unspecified atom stereocenters. The van der Waals surface area contributed by atoms with E-state index in [4.69, 9.17) is 10.5 Å². The summed E-state index contributed by atoms with van der Waals surface area (Å²) in [6.45, 7) is 4.59. The maximum Gasteiger partial charge on any atom is 0.294 e. The number of hydrogen-bond donors (Lipinski definition) is 1. The molecular weight excluding hydrogens is 334 g/mol. The molecule has 7 nitrogen and oxygen atoms in total. The van der Waals surface area contributed by atoms with Crippen LogP contribution in [0.5, 0.6) is 5.75 Å². The van der Waals surface area contributed by atoms with Crippen molar-refractivity contribution in [1.82, 2.24) is 0 Å². The highest BCUT2D eigenvalue weighted by Gasteiger charge is 2.30. The molecule has 0 spiro atoms. The van der Waals surface area contributed by atoms with Gasteiger partial charge in [-0.05, 0) is 41.8 Å². The van der Waals surface area contributed by atoms with Crippen molar-refractivity contribution >= 4 is 29.0 Å². The van der Waals surface area contributed by atoms with E-state index in [9.17, 15) is 14.9 Å². The zero-order chi connectivity index (χ0) is 18.8. The third kappa shape index (κ3) is 3.51. The lowest BCUT2D eigenvalue weighted by Crippen LogP contribution is -2.39. The number of carbonyl (C=O) groups excluding carboxylic acids is 1. The van der Waals surface area contributed by atoms with Gasteiger partial charge in [0.25, 0.3) is 11.6 Å². The number of amides is 1. The molecule has 0 bridgehead atoms. The molecule has 7 heteroatoms. The van der Waals surface area contributed by atoms with Crippen LogP contribution in [0.1, 0.15) is 19.4 Å². The second kappa shape index (κ2) is 6.87.